The highest BCUT2D eigenvalue weighted by Crippen LogP contribution is 2.27. The van der Waals surface area contributed by atoms with E-state index in [4.69, 9.17) is 4.42 Å². The van der Waals surface area contributed by atoms with Crippen LogP contribution >= 0.6 is 11.3 Å². The van der Waals surface area contributed by atoms with Gasteiger partial charge in [0, 0.05) is 5.38 Å². The van der Waals surface area contributed by atoms with Gasteiger partial charge in [0.25, 0.3) is 0 Å². The summed E-state index contributed by atoms with van der Waals surface area (Å²) in [6.45, 7) is 2.71. The number of anilines is 1. The fourth-order valence-corrected chi connectivity index (χ4v) is 2.73. The Morgan fingerprint density at radius 2 is 2.10 bits per heavy atom. The van der Waals surface area contributed by atoms with Gasteiger partial charge >= 0.3 is 6.01 Å². The van der Waals surface area contributed by atoms with Crippen LogP contribution in [0.3, 0.4) is 0 Å². The smallest absolute Gasteiger partial charge is 0.315 e. The summed E-state index contributed by atoms with van der Waals surface area (Å²) >= 11 is 1.57. The van der Waals surface area contributed by atoms with Crippen LogP contribution in [0.5, 0.6) is 0 Å². The first-order chi connectivity index (χ1) is 10.4. The minimum absolute atomic E-state index is 0.133. The van der Waals surface area contributed by atoms with E-state index in [9.17, 15) is 0 Å². The molecule has 2 aromatic heterocycles. The summed E-state index contributed by atoms with van der Waals surface area (Å²) in [5.74, 6) is 0.776. The number of benzene rings is 1. The second-order valence-corrected chi connectivity index (χ2v) is 5.37. The van der Waals surface area contributed by atoms with Gasteiger partial charge in [-0.2, -0.15) is 0 Å². The van der Waals surface area contributed by atoms with Crippen molar-refractivity contribution in [1.82, 2.24) is 15.2 Å². The first-order valence-electron chi connectivity index (χ1n) is 6.86. The van der Waals surface area contributed by atoms with Gasteiger partial charge < -0.3 is 9.73 Å². The number of nitrogens with one attached hydrogen (secondary N) is 1. The van der Waals surface area contributed by atoms with E-state index in [2.05, 4.69) is 39.6 Å². The molecule has 108 valence electrons. The Balaban J connectivity index is 1.71. The van der Waals surface area contributed by atoms with Crippen molar-refractivity contribution in [2.75, 3.05) is 5.32 Å². The van der Waals surface area contributed by atoms with E-state index in [0.717, 1.165) is 12.1 Å². The summed E-state index contributed by atoms with van der Waals surface area (Å²) in [5.41, 5.74) is 3.96. The fraction of sp³-hybridized carbons (Fsp3) is 0.267. The number of nitrogens with zero attached hydrogens (tertiary/aromatic N) is 3. The van der Waals surface area contributed by atoms with Crippen LogP contribution in [0.15, 0.2) is 45.6 Å². The van der Waals surface area contributed by atoms with E-state index < -0.39 is 0 Å². The van der Waals surface area contributed by atoms with Crippen molar-refractivity contribution < 1.29 is 4.42 Å². The van der Waals surface area contributed by atoms with Gasteiger partial charge in [-0.3, -0.25) is 0 Å². The van der Waals surface area contributed by atoms with Crippen LogP contribution in [0.2, 0.25) is 0 Å². The van der Waals surface area contributed by atoms with Crippen LogP contribution in [0.1, 0.15) is 36.4 Å². The molecule has 3 rings (SSSR count). The molecule has 0 bridgehead atoms. The van der Waals surface area contributed by atoms with Gasteiger partial charge in [0.05, 0.1) is 23.7 Å². The molecule has 0 aliphatic carbocycles. The summed E-state index contributed by atoms with van der Waals surface area (Å²) in [4.78, 5) is 4.20. The number of aromatic nitrogens is 3. The molecule has 1 aromatic carbocycles. The van der Waals surface area contributed by atoms with Crippen molar-refractivity contribution in [3.05, 3.63) is 58.4 Å². The molecule has 3 aromatic rings. The number of rotatable bonds is 6. The zero-order chi connectivity index (χ0) is 14.5. The second-order valence-electron chi connectivity index (χ2n) is 4.65. The molecule has 0 amide bonds. The van der Waals surface area contributed by atoms with Gasteiger partial charge in [0.2, 0.25) is 5.89 Å². The lowest BCUT2D eigenvalue weighted by atomic mass is 9.97. The maximum atomic E-state index is 5.73. The first-order valence-corrected chi connectivity index (χ1v) is 7.80. The van der Waals surface area contributed by atoms with E-state index in [1.807, 2.05) is 23.6 Å². The lowest BCUT2D eigenvalue weighted by Gasteiger charge is -2.10. The Labute approximate surface area is 127 Å². The molecular weight excluding hydrogens is 284 g/mol. The van der Waals surface area contributed by atoms with Crippen LogP contribution in [0.4, 0.5) is 6.01 Å². The van der Waals surface area contributed by atoms with Crippen molar-refractivity contribution in [2.45, 2.75) is 25.8 Å². The molecule has 2 heterocycles. The SMILES string of the molecule is CC[C@H](c1ccccc1)c1nnc(NCc2cscn2)o1. The van der Waals surface area contributed by atoms with Gasteiger partial charge in [-0.1, -0.05) is 42.4 Å². The molecule has 0 unspecified atom stereocenters. The molecule has 0 aliphatic heterocycles. The van der Waals surface area contributed by atoms with Crippen molar-refractivity contribution in [3.8, 4) is 0 Å². The van der Waals surface area contributed by atoms with Gasteiger partial charge in [0.1, 0.15) is 0 Å². The summed E-state index contributed by atoms with van der Waals surface area (Å²) in [6, 6.07) is 10.7. The van der Waals surface area contributed by atoms with Crippen LogP contribution in [-0.4, -0.2) is 15.2 Å². The molecule has 0 fully saturated rings. The Morgan fingerprint density at radius 3 is 2.81 bits per heavy atom. The summed E-state index contributed by atoms with van der Waals surface area (Å²) in [6.07, 6.45) is 0.914. The quantitative estimate of drug-likeness (QED) is 0.752. The largest absolute Gasteiger partial charge is 0.407 e. The Hall–Kier alpha value is -2.21. The monoisotopic (exact) mass is 300 g/mol. The predicted molar refractivity (Wildman–Crippen MR) is 82.3 cm³/mol. The zero-order valence-electron chi connectivity index (χ0n) is 11.7. The Morgan fingerprint density at radius 1 is 1.24 bits per heavy atom. The molecule has 1 atom stereocenters. The van der Waals surface area contributed by atoms with Crippen LogP contribution in [0, 0.1) is 0 Å². The number of hydrogen-bond acceptors (Lipinski definition) is 6. The van der Waals surface area contributed by atoms with Gasteiger partial charge in [-0.25, -0.2) is 4.98 Å². The van der Waals surface area contributed by atoms with Crippen molar-refractivity contribution in [3.63, 3.8) is 0 Å². The molecule has 6 heteroatoms. The average Bonchev–Trinajstić information content (AvgIpc) is 3.19. The minimum atomic E-state index is 0.133. The maximum absolute atomic E-state index is 5.73. The van der Waals surface area contributed by atoms with Crippen molar-refractivity contribution in [2.24, 2.45) is 0 Å². The highest BCUT2D eigenvalue weighted by Gasteiger charge is 2.18. The molecule has 0 saturated heterocycles. The van der Waals surface area contributed by atoms with Crippen LogP contribution in [0.25, 0.3) is 0 Å². The molecule has 0 aliphatic rings. The standard InChI is InChI=1S/C15H16N4OS/c1-2-13(11-6-4-3-5-7-11)14-18-19-15(20-14)16-8-12-9-21-10-17-12/h3-7,9-10,13H,2,8H2,1H3,(H,16,19)/t13-/m1/s1. The lowest BCUT2D eigenvalue weighted by molar-refractivity contribution is 0.473. The third-order valence-electron chi connectivity index (χ3n) is 3.25. The summed E-state index contributed by atoms with van der Waals surface area (Å²) in [5, 5.41) is 13.3. The van der Waals surface area contributed by atoms with Gasteiger partial charge in [-0.05, 0) is 12.0 Å². The molecule has 0 radical (unpaired) electrons. The topological polar surface area (TPSA) is 63.8 Å². The molecular formula is C15H16N4OS. The minimum Gasteiger partial charge on any atom is -0.407 e. The summed E-state index contributed by atoms with van der Waals surface area (Å²) < 4.78 is 5.73. The van der Waals surface area contributed by atoms with E-state index >= 15 is 0 Å². The second kappa shape index (κ2) is 6.49. The molecule has 21 heavy (non-hydrogen) atoms. The molecule has 0 spiro atoms. The number of hydrogen-bond donors (Lipinski definition) is 1. The highest BCUT2D eigenvalue weighted by atomic mass is 32.1. The third-order valence-corrected chi connectivity index (χ3v) is 3.89. The molecule has 1 N–H and O–H groups in total. The number of thiazole rings is 1. The Kier molecular flexibility index (Phi) is 4.25. The fourth-order valence-electron chi connectivity index (χ4n) is 2.18. The van der Waals surface area contributed by atoms with Gasteiger partial charge in [-0.15, -0.1) is 16.4 Å². The maximum Gasteiger partial charge on any atom is 0.315 e. The van der Waals surface area contributed by atoms with E-state index in [0.29, 0.717) is 18.5 Å². The van der Waals surface area contributed by atoms with Crippen molar-refractivity contribution in [1.29, 1.82) is 0 Å². The average molecular weight is 300 g/mol. The highest BCUT2D eigenvalue weighted by molar-refractivity contribution is 7.07. The Bertz CT molecular complexity index is 666. The molecule has 5 nitrogen and oxygen atoms in total. The van der Waals surface area contributed by atoms with Gasteiger partial charge in [0.15, 0.2) is 0 Å². The van der Waals surface area contributed by atoms with Crippen molar-refractivity contribution >= 4 is 17.4 Å². The van der Waals surface area contributed by atoms with E-state index in [1.165, 1.54) is 5.56 Å². The first kappa shape index (κ1) is 13.8. The van der Waals surface area contributed by atoms with Crippen LogP contribution in [-0.2, 0) is 6.54 Å². The third kappa shape index (κ3) is 3.28. The predicted octanol–water partition coefficient (Wildman–Crippen LogP) is 3.68. The van der Waals surface area contributed by atoms with Crippen LogP contribution < -0.4 is 5.32 Å². The lowest BCUT2D eigenvalue weighted by Crippen LogP contribution is -2.00. The molecule has 0 saturated carbocycles. The van der Waals surface area contributed by atoms with E-state index in [1.54, 1.807) is 16.8 Å². The zero-order valence-corrected chi connectivity index (χ0v) is 12.5. The summed E-state index contributed by atoms with van der Waals surface area (Å²) in [7, 11) is 0. The van der Waals surface area contributed by atoms with E-state index in [-0.39, 0.29) is 5.92 Å². The normalized spacial score (nSPS) is 12.2.